The second-order valence-electron chi connectivity index (χ2n) is 9.79. The highest BCUT2D eigenvalue weighted by molar-refractivity contribution is 6.18. The molecule has 0 bridgehead atoms. The Morgan fingerprint density at radius 2 is 1.94 bits per heavy atom. The molecule has 3 aromatic rings. The lowest BCUT2D eigenvalue weighted by Gasteiger charge is -2.48. The topological polar surface area (TPSA) is 105 Å². The SMILES string of the molecule is CC(C)(C)OC(=O)N1CCC2(C1)CN(c1ncc(C(N)=O)c3[nH]c4ccccc4c13)C2. The van der Waals surface area contributed by atoms with Gasteiger partial charge in [0.15, 0.2) is 0 Å². The highest BCUT2D eigenvalue weighted by atomic mass is 16.6. The number of fused-ring (bicyclic) bond motifs is 3. The number of rotatable bonds is 2. The van der Waals surface area contributed by atoms with Crippen molar-refractivity contribution in [3.05, 3.63) is 36.0 Å². The molecule has 3 N–H and O–H groups in total. The van der Waals surface area contributed by atoms with Gasteiger partial charge in [0.25, 0.3) is 5.91 Å². The monoisotopic (exact) mass is 421 g/mol. The largest absolute Gasteiger partial charge is 0.444 e. The number of primary amides is 1. The van der Waals surface area contributed by atoms with Crippen molar-refractivity contribution in [2.75, 3.05) is 31.1 Å². The number of ether oxygens (including phenoxy) is 1. The number of para-hydroxylation sites is 1. The van der Waals surface area contributed by atoms with E-state index in [-0.39, 0.29) is 11.5 Å². The number of carbonyl (C=O) groups excluding carboxylic acids is 2. The zero-order chi connectivity index (χ0) is 22.0. The molecule has 31 heavy (non-hydrogen) atoms. The molecule has 0 aliphatic carbocycles. The van der Waals surface area contributed by atoms with Gasteiger partial charge in [0.1, 0.15) is 11.4 Å². The molecular formula is C23H27N5O3. The third-order valence-corrected chi connectivity index (χ3v) is 6.22. The second-order valence-corrected chi connectivity index (χ2v) is 9.79. The first-order valence-electron chi connectivity index (χ1n) is 10.6. The summed E-state index contributed by atoms with van der Waals surface area (Å²) in [6, 6.07) is 7.94. The van der Waals surface area contributed by atoms with Gasteiger partial charge >= 0.3 is 6.09 Å². The Morgan fingerprint density at radius 1 is 1.19 bits per heavy atom. The highest BCUT2D eigenvalue weighted by Crippen LogP contribution is 2.44. The molecule has 2 amide bonds. The average Bonchev–Trinajstić information content (AvgIpc) is 3.27. The molecule has 8 heteroatoms. The summed E-state index contributed by atoms with van der Waals surface area (Å²) in [6.07, 6.45) is 2.26. The number of aromatic amines is 1. The van der Waals surface area contributed by atoms with Gasteiger partial charge in [0.2, 0.25) is 0 Å². The van der Waals surface area contributed by atoms with Crippen LogP contribution < -0.4 is 10.6 Å². The predicted octanol–water partition coefficient (Wildman–Crippen LogP) is 3.26. The summed E-state index contributed by atoms with van der Waals surface area (Å²) >= 11 is 0. The molecule has 2 saturated heterocycles. The number of nitrogens with one attached hydrogen (secondary N) is 1. The maximum absolute atomic E-state index is 12.5. The van der Waals surface area contributed by atoms with Crippen LogP contribution >= 0.6 is 0 Å². The Balaban J connectivity index is 1.42. The number of aromatic nitrogens is 2. The molecule has 162 valence electrons. The summed E-state index contributed by atoms with van der Waals surface area (Å²) < 4.78 is 5.54. The maximum Gasteiger partial charge on any atom is 0.410 e. The van der Waals surface area contributed by atoms with Crippen LogP contribution in [-0.2, 0) is 4.74 Å². The smallest absolute Gasteiger partial charge is 0.410 e. The molecule has 5 rings (SSSR count). The van der Waals surface area contributed by atoms with E-state index in [0.29, 0.717) is 18.7 Å². The van der Waals surface area contributed by atoms with Gasteiger partial charge < -0.3 is 25.3 Å². The first-order chi connectivity index (χ1) is 14.7. The maximum atomic E-state index is 12.5. The lowest BCUT2D eigenvalue weighted by Crippen LogP contribution is -2.58. The van der Waals surface area contributed by atoms with E-state index in [1.165, 1.54) is 0 Å². The van der Waals surface area contributed by atoms with E-state index >= 15 is 0 Å². The third-order valence-electron chi connectivity index (χ3n) is 6.22. The molecule has 2 aliphatic rings. The number of pyridine rings is 1. The molecule has 2 aliphatic heterocycles. The van der Waals surface area contributed by atoms with E-state index in [9.17, 15) is 9.59 Å². The third kappa shape index (κ3) is 3.26. The Bertz CT molecular complexity index is 1200. The number of hydrogen-bond acceptors (Lipinski definition) is 5. The average molecular weight is 422 g/mol. The zero-order valence-corrected chi connectivity index (χ0v) is 18.1. The molecule has 0 atom stereocenters. The molecule has 4 heterocycles. The van der Waals surface area contributed by atoms with E-state index in [1.807, 2.05) is 49.9 Å². The first kappa shape index (κ1) is 19.7. The van der Waals surface area contributed by atoms with Gasteiger partial charge in [0, 0.05) is 48.7 Å². The van der Waals surface area contributed by atoms with Crippen LogP contribution in [0.5, 0.6) is 0 Å². The number of nitrogens with zero attached hydrogens (tertiary/aromatic N) is 3. The van der Waals surface area contributed by atoms with Gasteiger partial charge in [-0.3, -0.25) is 4.79 Å². The number of amides is 2. The minimum atomic E-state index is -0.500. The van der Waals surface area contributed by atoms with Gasteiger partial charge in [-0.25, -0.2) is 9.78 Å². The van der Waals surface area contributed by atoms with Crippen molar-refractivity contribution in [1.82, 2.24) is 14.9 Å². The van der Waals surface area contributed by atoms with Gasteiger partial charge in [-0.2, -0.15) is 0 Å². The number of benzene rings is 1. The van der Waals surface area contributed by atoms with E-state index in [4.69, 9.17) is 10.5 Å². The fourth-order valence-electron chi connectivity index (χ4n) is 4.85. The number of likely N-dealkylation sites (tertiary alicyclic amines) is 1. The predicted molar refractivity (Wildman–Crippen MR) is 119 cm³/mol. The summed E-state index contributed by atoms with van der Waals surface area (Å²) in [4.78, 5) is 36.4. The summed E-state index contributed by atoms with van der Waals surface area (Å²) in [7, 11) is 0. The van der Waals surface area contributed by atoms with Crippen LogP contribution in [0, 0.1) is 5.41 Å². The van der Waals surface area contributed by atoms with Gasteiger partial charge in [0.05, 0.1) is 16.5 Å². The lowest BCUT2D eigenvalue weighted by molar-refractivity contribution is 0.0265. The normalized spacial score (nSPS) is 18.0. The van der Waals surface area contributed by atoms with Crippen molar-refractivity contribution in [1.29, 1.82) is 0 Å². The van der Waals surface area contributed by atoms with E-state index in [0.717, 1.165) is 47.1 Å². The molecule has 2 aromatic heterocycles. The highest BCUT2D eigenvalue weighted by Gasteiger charge is 2.50. The van der Waals surface area contributed by atoms with Gasteiger partial charge in [-0.1, -0.05) is 18.2 Å². The molecule has 1 aromatic carbocycles. The lowest BCUT2D eigenvalue weighted by atomic mass is 9.79. The number of H-pyrrole nitrogens is 1. The molecule has 0 unspecified atom stereocenters. The van der Waals surface area contributed by atoms with Gasteiger partial charge in [-0.05, 0) is 33.3 Å². The Hall–Kier alpha value is -3.29. The fourth-order valence-corrected chi connectivity index (χ4v) is 4.85. The Labute approximate surface area is 180 Å². The van der Waals surface area contributed by atoms with Crippen LogP contribution in [0.4, 0.5) is 10.6 Å². The van der Waals surface area contributed by atoms with Crippen LogP contribution in [0.2, 0.25) is 0 Å². The van der Waals surface area contributed by atoms with Crippen LogP contribution in [0.3, 0.4) is 0 Å². The van der Waals surface area contributed by atoms with E-state index in [2.05, 4.69) is 14.9 Å². The minimum Gasteiger partial charge on any atom is -0.444 e. The molecule has 0 saturated carbocycles. The van der Waals surface area contributed by atoms with E-state index in [1.54, 1.807) is 6.20 Å². The number of nitrogens with two attached hydrogens (primary N) is 1. The van der Waals surface area contributed by atoms with Crippen molar-refractivity contribution in [2.45, 2.75) is 32.8 Å². The van der Waals surface area contributed by atoms with Crippen molar-refractivity contribution in [3.8, 4) is 0 Å². The molecule has 2 fully saturated rings. The summed E-state index contributed by atoms with van der Waals surface area (Å²) in [5.41, 5.74) is 7.21. The van der Waals surface area contributed by atoms with Crippen LogP contribution in [0.25, 0.3) is 21.8 Å². The number of hydrogen-bond donors (Lipinski definition) is 2. The van der Waals surface area contributed by atoms with Crippen LogP contribution in [0.1, 0.15) is 37.6 Å². The van der Waals surface area contributed by atoms with Crippen LogP contribution in [-0.4, -0.2) is 58.6 Å². The van der Waals surface area contributed by atoms with Crippen molar-refractivity contribution in [2.24, 2.45) is 11.1 Å². The summed E-state index contributed by atoms with van der Waals surface area (Å²) in [5.74, 6) is 0.346. The second kappa shape index (κ2) is 6.60. The van der Waals surface area contributed by atoms with Gasteiger partial charge in [-0.15, -0.1) is 0 Å². The van der Waals surface area contributed by atoms with E-state index < -0.39 is 11.5 Å². The molecule has 0 radical (unpaired) electrons. The number of carbonyl (C=O) groups is 2. The van der Waals surface area contributed by atoms with Crippen molar-refractivity contribution >= 4 is 39.6 Å². The number of anilines is 1. The molecular weight excluding hydrogens is 394 g/mol. The van der Waals surface area contributed by atoms with Crippen molar-refractivity contribution < 1.29 is 14.3 Å². The summed E-state index contributed by atoms with van der Waals surface area (Å²) in [5, 5.41) is 1.94. The minimum absolute atomic E-state index is 0.0549. The quantitative estimate of drug-likeness (QED) is 0.661. The van der Waals surface area contributed by atoms with Crippen LogP contribution in [0.15, 0.2) is 30.5 Å². The Morgan fingerprint density at radius 3 is 2.65 bits per heavy atom. The Kier molecular flexibility index (Phi) is 4.19. The van der Waals surface area contributed by atoms with Crippen molar-refractivity contribution in [3.63, 3.8) is 0 Å². The zero-order valence-electron chi connectivity index (χ0n) is 18.1. The summed E-state index contributed by atoms with van der Waals surface area (Å²) in [6.45, 7) is 8.67. The first-order valence-corrected chi connectivity index (χ1v) is 10.6. The molecule has 8 nitrogen and oxygen atoms in total. The molecule has 1 spiro atoms. The fraction of sp³-hybridized carbons (Fsp3) is 0.435. The standard InChI is InChI=1S/C23H27N5O3/c1-22(2,3)31-21(30)27-9-8-23(11-27)12-28(13-23)20-17-14-6-4-5-7-16(14)26-18(17)15(10-25-20)19(24)29/h4-7,10,26H,8-9,11-13H2,1-3H3,(H2,24,29).